The van der Waals surface area contributed by atoms with Crippen LogP contribution in [-0.2, 0) is 9.47 Å². The van der Waals surface area contributed by atoms with Crippen LogP contribution in [0.25, 0.3) is 0 Å². The van der Waals surface area contributed by atoms with Crippen LogP contribution < -0.4 is 5.73 Å². The first-order valence-corrected chi connectivity index (χ1v) is 7.80. The van der Waals surface area contributed by atoms with E-state index in [0.29, 0.717) is 17.9 Å². The van der Waals surface area contributed by atoms with Crippen LogP contribution in [0.5, 0.6) is 0 Å². The normalized spacial score (nSPS) is 23.6. The number of nitrogens with two attached hydrogens (primary N) is 1. The number of benzene rings is 1. The number of aryl methyl sites for hydroxylation is 1. The minimum absolute atomic E-state index is 0.0399. The van der Waals surface area contributed by atoms with E-state index >= 15 is 0 Å². The highest BCUT2D eigenvalue weighted by Gasteiger charge is 2.42. The summed E-state index contributed by atoms with van der Waals surface area (Å²) in [6.07, 6.45) is 6.94. The van der Waals surface area contributed by atoms with E-state index in [1.54, 1.807) is 6.07 Å². The summed E-state index contributed by atoms with van der Waals surface area (Å²) in [6, 6.07) is 5.41. The molecule has 2 aliphatic rings. The fourth-order valence-electron chi connectivity index (χ4n) is 3.51. The largest absolute Gasteiger partial charge is 0.459 e. The average molecular weight is 289 g/mol. The fraction of sp³-hybridized carbons (Fsp3) is 0.588. The molecule has 21 heavy (non-hydrogen) atoms. The number of carbonyl (C=O) groups excluding carboxylic acids is 1. The molecule has 1 aromatic rings. The molecule has 0 bridgehead atoms. The molecule has 1 aliphatic heterocycles. The smallest absolute Gasteiger partial charge is 0.340 e. The van der Waals surface area contributed by atoms with Crippen LogP contribution in [0, 0.1) is 6.92 Å². The first-order valence-electron chi connectivity index (χ1n) is 7.80. The van der Waals surface area contributed by atoms with Crippen LogP contribution in [0.2, 0.25) is 0 Å². The summed E-state index contributed by atoms with van der Waals surface area (Å²) in [5.41, 5.74) is 7.86. The highest BCUT2D eigenvalue weighted by atomic mass is 16.6. The van der Waals surface area contributed by atoms with E-state index in [4.69, 9.17) is 15.2 Å². The van der Waals surface area contributed by atoms with Crippen molar-refractivity contribution in [3.05, 3.63) is 29.3 Å². The topological polar surface area (TPSA) is 61.5 Å². The molecule has 0 aromatic heterocycles. The third-order valence-corrected chi connectivity index (χ3v) is 4.80. The second-order valence-electron chi connectivity index (χ2n) is 6.30. The second-order valence-corrected chi connectivity index (χ2v) is 6.30. The number of hydrogen-bond acceptors (Lipinski definition) is 4. The van der Waals surface area contributed by atoms with Crippen molar-refractivity contribution in [3.63, 3.8) is 0 Å². The first-order chi connectivity index (χ1) is 10.1. The molecule has 3 rings (SSSR count). The van der Waals surface area contributed by atoms with E-state index in [9.17, 15) is 4.79 Å². The molecular formula is C17H23NO3. The summed E-state index contributed by atoms with van der Waals surface area (Å²) in [5, 5.41) is 0. The van der Waals surface area contributed by atoms with Crippen LogP contribution in [0.1, 0.15) is 54.4 Å². The zero-order valence-corrected chi connectivity index (χ0v) is 12.6. The average Bonchev–Trinajstić information content (AvgIpc) is 3.10. The third kappa shape index (κ3) is 2.91. The predicted molar refractivity (Wildman–Crippen MR) is 81.2 cm³/mol. The van der Waals surface area contributed by atoms with Gasteiger partial charge in [0, 0.05) is 5.69 Å². The highest BCUT2D eigenvalue weighted by molar-refractivity contribution is 5.95. The monoisotopic (exact) mass is 289 g/mol. The maximum atomic E-state index is 12.1. The SMILES string of the molecule is Cc1cccc(C(=O)OCC2CCC3(CCCC3)O2)c1N. The Bertz CT molecular complexity index is 535. The van der Waals surface area contributed by atoms with Gasteiger partial charge in [0.05, 0.1) is 17.3 Å². The molecule has 2 N–H and O–H groups in total. The molecule has 1 aromatic carbocycles. The molecule has 4 heteroatoms. The molecule has 4 nitrogen and oxygen atoms in total. The summed E-state index contributed by atoms with van der Waals surface area (Å²) in [7, 11) is 0. The van der Waals surface area contributed by atoms with Crippen molar-refractivity contribution in [1.29, 1.82) is 0 Å². The van der Waals surface area contributed by atoms with Crippen molar-refractivity contribution in [2.45, 2.75) is 57.2 Å². The third-order valence-electron chi connectivity index (χ3n) is 4.80. The first kappa shape index (κ1) is 14.4. The lowest BCUT2D eigenvalue weighted by molar-refractivity contribution is -0.0597. The van der Waals surface area contributed by atoms with Gasteiger partial charge in [-0.1, -0.05) is 25.0 Å². The van der Waals surface area contributed by atoms with Crippen molar-refractivity contribution in [3.8, 4) is 0 Å². The summed E-state index contributed by atoms with van der Waals surface area (Å²) in [4.78, 5) is 12.1. The van der Waals surface area contributed by atoms with Crippen molar-refractivity contribution in [2.24, 2.45) is 0 Å². The van der Waals surface area contributed by atoms with Crippen LogP contribution in [0.3, 0.4) is 0 Å². The minimum atomic E-state index is -0.354. The molecule has 1 aliphatic carbocycles. The van der Waals surface area contributed by atoms with Gasteiger partial charge in [-0.15, -0.1) is 0 Å². The standard InChI is InChI=1S/C17H23NO3/c1-12-5-4-6-14(15(12)18)16(19)20-11-13-7-10-17(21-13)8-2-3-9-17/h4-6,13H,2-3,7-11,18H2,1H3. The second kappa shape index (κ2) is 5.68. The number of carbonyl (C=O) groups is 1. The Kier molecular flexibility index (Phi) is 3.89. The lowest BCUT2D eigenvalue weighted by Crippen LogP contribution is -2.27. The number of esters is 1. The van der Waals surface area contributed by atoms with Crippen molar-refractivity contribution in [1.82, 2.24) is 0 Å². The Morgan fingerprint density at radius 1 is 1.38 bits per heavy atom. The summed E-state index contributed by atoms with van der Waals surface area (Å²) in [5.74, 6) is -0.354. The van der Waals surface area contributed by atoms with Gasteiger partial charge in [-0.05, 0) is 44.2 Å². The number of hydrogen-bond donors (Lipinski definition) is 1. The lowest BCUT2D eigenvalue weighted by Gasteiger charge is -2.23. The molecule has 0 radical (unpaired) electrons. The molecule has 1 saturated heterocycles. The number of ether oxygens (including phenoxy) is 2. The van der Waals surface area contributed by atoms with E-state index in [1.165, 1.54) is 12.8 Å². The molecule has 1 unspecified atom stereocenters. The number of para-hydroxylation sites is 1. The highest BCUT2D eigenvalue weighted by Crippen LogP contribution is 2.43. The summed E-state index contributed by atoms with van der Waals surface area (Å²) < 4.78 is 11.5. The molecule has 1 heterocycles. The van der Waals surface area contributed by atoms with E-state index in [2.05, 4.69) is 0 Å². The number of anilines is 1. The quantitative estimate of drug-likeness (QED) is 0.685. The maximum Gasteiger partial charge on any atom is 0.340 e. The van der Waals surface area contributed by atoms with Crippen LogP contribution in [0.4, 0.5) is 5.69 Å². The van der Waals surface area contributed by atoms with Gasteiger partial charge >= 0.3 is 5.97 Å². The van der Waals surface area contributed by atoms with Gasteiger partial charge < -0.3 is 15.2 Å². The van der Waals surface area contributed by atoms with E-state index in [0.717, 1.165) is 31.2 Å². The molecule has 114 valence electrons. The van der Waals surface area contributed by atoms with Crippen LogP contribution in [0.15, 0.2) is 18.2 Å². The molecule has 1 atom stereocenters. The maximum absolute atomic E-state index is 12.1. The summed E-state index contributed by atoms with van der Waals surface area (Å²) >= 11 is 0. The van der Waals surface area contributed by atoms with Crippen LogP contribution in [-0.4, -0.2) is 24.3 Å². The minimum Gasteiger partial charge on any atom is -0.459 e. The van der Waals surface area contributed by atoms with Crippen molar-refractivity contribution >= 4 is 11.7 Å². The van der Waals surface area contributed by atoms with E-state index in [1.807, 2.05) is 19.1 Å². The van der Waals surface area contributed by atoms with Gasteiger partial charge in [0.1, 0.15) is 6.61 Å². The molecule has 1 spiro atoms. The zero-order chi connectivity index (χ0) is 14.9. The number of nitrogen functional groups attached to an aromatic ring is 1. The van der Waals surface area contributed by atoms with Crippen molar-refractivity contribution in [2.75, 3.05) is 12.3 Å². The Hall–Kier alpha value is -1.55. The summed E-state index contributed by atoms with van der Waals surface area (Å²) in [6.45, 7) is 2.21. The molecule has 1 saturated carbocycles. The van der Waals surface area contributed by atoms with Gasteiger partial charge in [-0.3, -0.25) is 0 Å². The Morgan fingerprint density at radius 2 is 2.14 bits per heavy atom. The van der Waals surface area contributed by atoms with Gasteiger partial charge in [-0.2, -0.15) is 0 Å². The Labute approximate surface area is 125 Å². The predicted octanol–water partition coefficient (Wildman–Crippen LogP) is 3.23. The van der Waals surface area contributed by atoms with E-state index < -0.39 is 0 Å². The number of rotatable bonds is 3. The lowest BCUT2D eigenvalue weighted by atomic mass is 9.98. The molecule has 0 amide bonds. The van der Waals surface area contributed by atoms with Gasteiger partial charge in [0.15, 0.2) is 0 Å². The van der Waals surface area contributed by atoms with Gasteiger partial charge in [0.2, 0.25) is 0 Å². The fourth-order valence-corrected chi connectivity index (χ4v) is 3.51. The molecule has 2 fully saturated rings. The van der Waals surface area contributed by atoms with Gasteiger partial charge in [0.25, 0.3) is 0 Å². The van der Waals surface area contributed by atoms with Crippen LogP contribution >= 0.6 is 0 Å². The Balaban J connectivity index is 1.56. The van der Waals surface area contributed by atoms with Crippen molar-refractivity contribution < 1.29 is 14.3 Å². The Morgan fingerprint density at radius 3 is 2.90 bits per heavy atom. The molecular weight excluding hydrogens is 266 g/mol. The van der Waals surface area contributed by atoms with Gasteiger partial charge in [-0.25, -0.2) is 4.79 Å². The zero-order valence-electron chi connectivity index (χ0n) is 12.6. The van der Waals surface area contributed by atoms with E-state index in [-0.39, 0.29) is 17.7 Å².